The van der Waals surface area contributed by atoms with Crippen molar-refractivity contribution < 1.29 is 53.4 Å². The van der Waals surface area contributed by atoms with Gasteiger partial charge in [0.1, 0.15) is 42.3 Å². The number of guanidine groups is 3. The molecule has 0 fully saturated rings. The lowest BCUT2D eigenvalue weighted by molar-refractivity contribution is -0.142. The molecule has 0 saturated carbocycles. The number of carboxylic acid groups (broad SMARTS) is 2. The third-order valence-corrected chi connectivity index (χ3v) is 11.5. The van der Waals surface area contributed by atoms with Gasteiger partial charge in [-0.05, 0) is 76.7 Å². The van der Waals surface area contributed by atoms with Gasteiger partial charge < -0.3 is 93.3 Å². The highest BCUT2D eigenvalue weighted by Crippen LogP contribution is 2.12. The Hall–Kier alpha value is -6.34. The Morgan fingerprint density at radius 2 is 0.833 bits per heavy atom. The molecule has 29 nitrogen and oxygen atoms in total. The van der Waals surface area contributed by atoms with E-state index in [9.17, 15) is 53.4 Å². The minimum Gasteiger partial charge on any atom is -0.481 e. The van der Waals surface area contributed by atoms with Crippen LogP contribution in [0.5, 0.6) is 0 Å². The third kappa shape index (κ3) is 27.9. The number of thiol groups is 2. The fourth-order valence-electron chi connectivity index (χ4n) is 6.47. The molecule has 0 bridgehead atoms. The summed E-state index contributed by atoms with van der Waals surface area (Å²) in [5.74, 6) is -10.4. The summed E-state index contributed by atoms with van der Waals surface area (Å²) in [6.45, 7) is 3.73. The zero-order valence-electron chi connectivity index (χ0n) is 40.8. The van der Waals surface area contributed by atoms with Crippen LogP contribution >= 0.6 is 25.3 Å². The predicted molar refractivity (Wildman–Crippen MR) is 276 cm³/mol. The second-order valence-corrected chi connectivity index (χ2v) is 17.3. The van der Waals surface area contributed by atoms with E-state index in [0.717, 1.165) is 0 Å². The van der Waals surface area contributed by atoms with Crippen molar-refractivity contribution in [3.8, 4) is 0 Å². The average molecular weight is 1060 g/mol. The number of hydrogen-bond donors (Lipinski definition) is 19. The monoisotopic (exact) mass is 1060 g/mol. The van der Waals surface area contributed by atoms with E-state index in [4.69, 9.17) is 45.9 Å². The van der Waals surface area contributed by atoms with Gasteiger partial charge in [-0.2, -0.15) is 25.3 Å². The highest BCUT2D eigenvalue weighted by atomic mass is 32.1. The van der Waals surface area contributed by atoms with Crippen molar-refractivity contribution in [2.75, 3.05) is 37.7 Å². The molecule has 0 radical (unpaired) electrons. The first-order valence-corrected chi connectivity index (χ1v) is 24.6. The zero-order valence-corrected chi connectivity index (χ0v) is 42.6. The number of amides is 7. The number of nitrogens with two attached hydrogens (primary N) is 8. The molecule has 7 amide bonds. The quantitative estimate of drug-likeness (QED) is 0.0118. The van der Waals surface area contributed by atoms with Crippen molar-refractivity contribution in [2.45, 2.75) is 139 Å². The minimum atomic E-state index is -1.65. The molecule has 0 rings (SSSR count). The lowest BCUT2D eigenvalue weighted by Gasteiger charge is -2.29. The van der Waals surface area contributed by atoms with E-state index in [2.05, 4.69) is 77.5 Å². The van der Waals surface area contributed by atoms with Gasteiger partial charge in [0.05, 0.1) is 6.04 Å². The van der Waals surface area contributed by atoms with Gasteiger partial charge in [0.25, 0.3) is 0 Å². The molecule has 72 heavy (non-hydrogen) atoms. The van der Waals surface area contributed by atoms with E-state index in [0.29, 0.717) is 12.8 Å². The van der Waals surface area contributed by atoms with Crippen LogP contribution in [0, 0.1) is 5.92 Å². The molecule has 0 spiro atoms. The molecule has 0 aromatic carbocycles. The van der Waals surface area contributed by atoms with Crippen LogP contribution in [0.25, 0.3) is 0 Å². The van der Waals surface area contributed by atoms with Gasteiger partial charge in [-0.25, -0.2) is 4.79 Å². The molecule has 0 saturated heterocycles. The number of nitrogens with one attached hydrogen (secondary N) is 7. The van der Waals surface area contributed by atoms with Crippen molar-refractivity contribution in [1.29, 1.82) is 0 Å². The lowest BCUT2D eigenvalue weighted by Crippen LogP contribution is -2.60. The Bertz CT molecular complexity index is 1870. The largest absolute Gasteiger partial charge is 0.481 e. The molecule has 31 heteroatoms. The highest BCUT2D eigenvalue weighted by molar-refractivity contribution is 7.80. The number of nitrogens with zero attached hydrogens (tertiary/aromatic N) is 3. The first-order chi connectivity index (χ1) is 33.9. The van der Waals surface area contributed by atoms with E-state index in [1.807, 2.05) is 0 Å². The molecule has 0 aliphatic carbocycles. The number of aliphatic imine (C=N–C) groups is 3. The standard InChI is InChI=1S/C41H78N18O11S2/c1-3-21(2)30(59-31(62)22(43)19-71)37(68)57-26(12-8-18-52-41(48)49)34(65)54-24(10-6-16-50-39(44)45)33(64)56-27(13-14-29(60)61)36(67)53-23(9-4-5-15-42)32(63)55-25(11-7-17-51-40(46)47)35(66)58-28(20-72)38(69)70/h21-28,30,71-72H,3-20,42-43H2,1-2H3,(H,53,67)(H,54,65)(H,55,63)(H,56,64)(H,57,68)(H,58,66)(H,59,62)(H,60,61)(H,69,70)(H4,44,45,50)(H4,46,47,51)(H4,48,49,52)/t21-,22-,23-,24-,25-,26-,27-,28-,30-/m0/s1. The van der Waals surface area contributed by atoms with Crippen LogP contribution in [0.15, 0.2) is 15.0 Å². The topological polar surface area (TPSA) is 524 Å². The summed E-state index contributed by atoms with van der Waals surface area (Å²) in [6, 6.07) is -10.9. The maximum Gasteiger partial charge on any atom is 0.327 e. The molecule has 0 aromatic rings. The van der Waals surface area contributed by atoms with Crippen LogP contribution in [0.3, 0.4) is 0 Å². The highest BCUT2D eigenvalue weighted by Gasteiger charge is 2.35. The van der Waals surface area contributed by atoms with E-state index in [1.165, 1.54) is 0 Å². The van der Waals surface area contributed by atoms with E-state index in [-0.39, 0.29) is 107 Å². The molecule has 410 valence electrons. The predicted octanol–water partition coefficient (Wildman–Crippen LogP) is -6.15. The number of carbonyl (C=O) groups excluding carboxylic acids is 7. The maximum atomic E-state index is 14.2. The molecular weight excluding hydrogens is 985 g/mol. The number of carboxylic acids is 2. The molecule has 0 unspecified atom stereocenters. The van der Waals surface area contributed by atoms with E-state index in [1.54, 1.807) is 13.8 Å². The van der Waals surface area contributed by atoms with Crippen LogP contribution in [0.4, 0.5) is 0 Å². The normalized spacial score (nSPS) is 14.6. The van der Waals surface area contributed by atoms with Crippen molar-refractivity contribution in [1.82, 2.24) is 37.2 Å². The van der Waals surface area contributed by atoms with Crippen molar-refractivity contribution in [2.24, 2.45) is 66.8 Å². The number of aliphatic carboxylic acids is 2. The second-order valence-electron chi connectivity index (χ2n) is 16.6. The third-order valence-electron chi connectivity index (χ3n) is 10.7. The number of hydrogen-bond acceptors (Lipinski definition) is 16. The van der Waals surface area contributed by atoms with E-state index >= 15 is 0 Å². The Labute approximate surface area is 429 Å². The molecular formula is C41H78N18O11S2. The summed E-state index contributed by atoms with van der Waals surface area (Å²) < 4.78 is 0. The summed E-state index contributed by atoms with van der Waals surface area (Å²) in [6.07, 6.45) is -0.150. The molecule has 0 aromatic heterocycles. The molecule has 0 aliphatic heterocycles. The van der Waals surface area contributed by atoms with Crippen molar-refractivity contribution in [3.05, 3.63) is 0 Å². The van der Waals surface area contributed by atoms with Gasteiger partial charge >= 0.3 is 11.9 Å². The summed E-state index contributed by atoms with van der Waals surface area (Å²) in [4.78, 5) is 132. The van der Waals surface area contributed by atoms with Crippen LogP contribution in [-0.2, 0) is 43.2 Å². The number of rotatable bonds is 38. The fraction of sp³-hybridized carbons (Fsp3) is 0.707. The summed E-state index contributed by atoms with van der Waals surface area (Å²) in [5, 5.41) is 36.8. The second kappa shape index (κ2) is 36.6. The van der Waals surface area contributed by atoms with Crippen molar-refractivity contribution >= 4 is 96.4 Å². The smallest absolute Gasteiger partial charge is 0.327 e. The summed E-state index contributed by atoms with van der Waals surface area (Å²) in [5.41, 5.74) is 44.3. The van der Waals surface area contributed by atoms with Crippen LogP contribution in [0.2, 0.25) is 0 Å². The maximum absolute atomic E-state index is 14.2. The minimum absolute atomic E-state index is 0.0210. The molecule has 0 aliphatic rings. The van der Waals surface area contributed by atoms with Gasteiger partial charge in [0, 0.05) is 37.6 Å². The lowest BCUT2D eigenvalue weighted by atomic mass is 9.97. The summed E-state index contributed by atoms with van der Waals surface area (Å²) >= 11 is 8.02. The number of carbonyl (C=O) groups is 9. The molecule has 25 N–H and O–H groups in total. The van der Waals surface area contributed by atoms with Crippen LogP contribution in [-0.4, -0.2) is 167 Å². The Balaban J connectivity index is 7.04. The van der Waals surface area contributed by atoms with Crippen LogP contribution < -0.4 is 83.1 Å². The van der Waals surface area contributed by atoms with E-state index < -0.39 is 120 Å². The van der Waals surface area contributed by atoms with Crippen LogP contribution in [0.1, 0.15) is 90.9 Å². The first kappa shape index (κ1) is 65.7. The average Bonchev–Trinajstić information content (AvgIpc) is 3.32. The Morgan fingerprint density at radius 1 is 0.486 bits per heavy atom. The fourth-order valence-corrected chi connectivity index (χ4v) is 6.88. The Morgan fingerprint density at radius 3 is 1.14 bits per heavy atom. The summed E-state index contributed by atoms with van der Waals surface area (Å²) in [7, 11) is 0. The molecule has 9 atom stereocenters. The van der Waals surface area contributed by atoms with Gasteiger partial charge in [0.2, 0.25) is 41.4 Å². The SMILES string of the molecule is CC[C@H](C)[C@H](NC(=O)[C@@H](N)CS)C(=O)N[C@@H](CCCN=C(N)N)C(=O)N[C@@H](CCCN=C(N)N)C(=O)N[C@@H](CCC(=O)O)C(=O)N[C@@H](CCCCN)C(=O)N[C@@H](CCCN=C(N)N)C(=O)N[C@@H](CS)C(=O)O. The van der Waals surface area contributed by atoms with Gasteiger partial charge in [0.15, 0.2) is 17.9 Å². The first-order valence-electron chi connectivity index (χ1n) is 23.3. The number of unbranched alkanes of at least 4 members (excludes halogenated alkanes) is 1. The van der Waals surface area contributed by atoms with Gasteiger partial charge in [-0.1, -0.05) is 20.3 Å². The Kier molecular flexibility index (Phi) is 33.3. The van der Waals surface area contributed by atoms with Crippen molar-refractivity contribution in [3.63, 3.8) is 0 Å². The molecule has 0 heterocycles. The van der Waals surface area contributed by atoms with Gasteiger partial charge in [-0.3, -0.25) is 53.3 Å². The van der Waals surface area contributed by atoms with Gasteiger partial charge in [-0.15, -0.1) is 0 Å². The zero-order chi connectivity index (χ0) is 54.9.